The zero-order valence-corrected chi connectivity index (χ0v) is 34.5. The second kappa shape index (κ2) is 35.1. The molecule has 0 rings (SSSR count). The molecule has 2 atom stereocenters. The van der Waals surface area contributed by atoms with Crippen LogP contribution in [0.25, 0.3) is 0 Å². The van der Waals surface area contributed by atoms with E-state index in [0.29, 0.717) is 30.3 Å². The monoisotopic (exact) mass is 770 g/mol. The van der Waals surface area contributed by atoms with E-state index in [-0.39, 0.29) is 26.1 Å². The van der Waals surface area contributed by atoms with Crippen LogP contribution in [0, 0.1) is 0 Å². The lowest BCUT2D eigenvalue weighted by Gasteiger charge is -2.24. The van der Waals surface area contributed by atoms with Crippen LogP contribution < -0.4 is 0 Å². The highest BCUT2D eigenvalue weighted by molar-refractivity contribution is 7.47. The second-order valence-electron chi connectivity index (χ2n) is 13.3. The number of ether oxygens (including phenoxy) is 2. The molecule has 0 spiro atoms. The molecule has 1 N–H and O–H groups in total. The molecule has 54 heavy (non-hydrogen) atoms. The van der Waals surface area contributed by atoms with Gasteiger partial charge in [-0.2, -0.15) is 0 Å². The summed E-state index contributed by atoms with van der Waals surface area (Å²) >= 11 is 0. The maximum absolute atomic E-state index is 12.6. The first-order valence-electron chi connectivity index (χ1n) is 19.3. The van der Waals surface area contributed by atoms with Crippen molar-refractivity contribution in [3.8, 4) is 0 Å². The Hall–Kier alpha value is -3.59. The van der Waals surface area contributed by atoms with E-state index in [1.165, 1.54) is 0 Å². The van der Waals surface area contributed by atoms with Gasteiger partial charge in [-0.25, -0.2) is 4.57 Å². The van der Waals surface area contributed by atoms with Gasteiger partial charge in [0.05, 0.1) is 27.7 Å². The van der Waals surface area contributed by atoms with Crippen molar-refractivity contribution in [3.63, 3.8) is 0 Å². The van der Waals surface area contributed by atoms with Gasteiger partial charge in [-0.15, -0.1) is 0 Å². The van der Waals surface area contributed by atoms with Crippen molar-refractivity contribution >= 4 is 19.8 Å². The van der Waals surface area contributed by atoms with Crippen molar-refractivity contribution in [3.05, 3.63) is 122 Å². The van der Waals surface area contributed by atoms with E-state index < -0.39 is 32.5 Å². The SMILES string of the molecule is CC/C=C/C=C/C=C/C=C/C=C/CCCC(=O)OC(COC(=O)CCC/C=C/C/C=C/C/C=C/C/C=C/C/C=C/CC)COP(=O)(O)OCC[N+](C)(C)C. The predicted octanol–water partition coefficient (Wildman–Crippen LogP) is 10.6. The molecule has 10 heteroatoms. The van der Waals surface area contributed by atoms with Crippen LogP contribution >= 0.6 is 7.82 Å². The van der Waals surface area contributed by atoms with Crippen LogP contribution in [0.1, 0.15) is 90.9 Å². The van der Waals surface area contributed by atoms with Crippen molar-refractivity contribution in [2.24, 2.45) is 0 Å². The topological polar surface area (TPSA) is 108 Å². The Balaban J connectivity index is 4.67. The molecule has 0 saturated heterocycles. The Morgan fingerprint density at radius 3 is 1.59 bits per heavy atom. The lowest BCUT2D eigenvalue weighted by atomic mass is 10.2. The van der Waals surface area contributed by atoms with Crippen LogP contribution in [0.3, 0.4) is 0 Å². The van der Waals surface area contributed by atoms with Gasteiger partial charge in [0.25, 0.3) is 0 Å². The smallest absolute Gasteiger partial charge is 0.462 e. The summed E-state index contributed by atoms with van der Waals surface area (Å²) in [4.78, 5) is 35.2. The van der Waals surface area contributed by atoms with Gasteiger partial charge in [0.1, 0.15) is 19.8 Å². The first-order valence-corrected chi connectivity index (χ1v) is 20.8. The number of carbonyl (C=O) groups excluding carboxylic acids is 2. The third-order valence-corrected chi connectivity index (χ3v) is 8.10. The summed E-state index contributed by atoms with van der Waals surface area (Å²) in [5, 5.41) is 0. The highest BCUT2D eigenvalue weighted by atomic mass is 31.2. The summed E-state index contributed by atoms with van der Waals surface area (Å²) in [5.74, 6) is -0.972. The number of carbonyl (C=O) groups is 2. The van der Waals surface area contributed by atoms with Crippen LogP contribution in [0.4, 0.5) is 0 Å². The molecule has 0 amide bonds. The zero-order valence-electron chi connectivity index (χ0n) is 33.6. The minimum Gasteiger partial charge on any atom is -0.462 e. The number of unbranched alkanes of at least 4 members (excludes halogenated alkanes) is 2. The van der Waals surface area contributed by atoms with Crippen LogP contribution in [0.15, 0.2) is 122 Å². The Morgan fingerprint density at radius 2 is 1.06 bits per heavy atom. The van der Waals surface area contributed by atoms with Crippen LogP contribution in [-0.2, 0) is 32.7 Å². The summed E-state index contributed by atoms with van der Waals surface area (Å²) in [6.45, 7) is 3.95. The fourth-order valence-electron chi connectivity index (χ4n) is 4.14. The van der Waals surface area contributed by atoms with Crippen molar-refractivity contribution < 1.29 is 42.1 Å². The zero-order chi connectivity index (χ0) is 40.0. The number of phosphoric ester groups is 1. The Morgan fingerprint density at radius 1 is 0.593 bits per heavy atom. The first kappa shape index (κ1) is 50.4. The number of quaternary nitrogens is 1. The number of phosphoric acid groups is 1. The van der Waals surface area contributed by atoms with E-state index >= 15 is 0 Å². The molecule has 0 aromatic rings. The van der Waals surface area contributed by atoms with E-state index in [0.717, 1.165) is 44.9 Å². The fraction of sp³-hybridized carbons (Fsp3) is 0.500. The van der Waals surface area contributed by atoms with Gasteiger partial charge in [-0.05, 0) is 64.2 Å². The van der Waals surface area contributed by atoms with Gasteiger partial charge in [-0.1, -0.05) is 135 Å². The van der Waals surface area contributed by atoms with Crippen molar-refractivity contribution in [1.82, 2.24) is 0 Å². The molecule has 9 nitrogen and oxygen atoms in total. The molecule has 302 valence electrons. The normalized spacial score (nSPS) is 15.0. The van der Waals surface area contributed by atoms with Gasteiger partial charge in [0, 0.05) is 12.8 Å². The van der Waals surface area contributed by atoms with Crippen LogP contribution in [0.2, 0.25) is 0 Å². The maximum atomic E-state index is 12.6. The molecule has 0 aromatic heterocycles. The van der Waals surface area contributed by atoms with Gasteiger partial charge in [0.15, 0.2) is 6.10 Å². The Kier molecular flexibility index (Phi) is 32.8. The van der Waals surface area contributed by atoms with E-state index in [4.69, 9.17) is 18.5 Å². The van der Waals surface area contributed by atoms with Gasteiger partial charge < -0.3 is 18.9 Å². The molecular formula is C44H69NO8P+. The van der Waals surface area contributed by atoms with Crippen LogP contribution in [0.5, 0.6) is 0 Å². The number of rotatable bonds is 32. The van der Waals surface area contributed by atoms with E-state index in [9.17, 15) is 19.0 Å². The third kappa shape index (κ3) is 38.1. The highest BCUT2D eigenvalue weighted by Crippen LogP contribution is 2.43. The lowest BCUT2D eigenvalue weighted by Crippen LogP contribution is -2.37. The van der Waals surface area contributed by atoms with Crippen molar-refractivity contribution in [2.75, 3.05) is 47.5 Å². The minimum atomic E-state index is -4.41. The van der Waals surface area contributed by atoms with E-state index in [1.807, 2.05) is 81.9 Å². The molecule has 0 bridgehead atoms. The fourth-order valence-corrected chi connectivity index (χ4v) is 4.88. The second-order valence-corrected chi connectivity index (χ2v) is 14.8. The molecule has 0 aromatic carbocycles. The summed E-state index contributed by atoms with van der Waals surface area (Å²) in [7, 11) is 1.37. The van der Waals surface area contributed by atoms with Crippen LogP contribution in [-0.4, -0.2) is 74.9 Å². The summed E-state index contributed by atoms with van der Waals surface area (Å²) in [6, 6.07) is 0. The molecule has 2 unspecified atom stereocenters. The Labute approximate surface area is 327 Å². The summed E-state index contributed by atoms with van der Waals surface area (Å²) < 4.78 is 34.0. The summed E-state index contributed by atoms with van der Waals surface area (Å²) in [6.07, 6.45) is 48.5. The molecule has 0 heterocycles. The molecular weight excluding hydrogens is 701 g/mol. The predicted molar refractivity (Wildman–Crippen MR) is 224 cm³/mol. The molecule has 0 aliphatic rings. The average Bonchev–Trinajstić information content (AvgIpc) is 3.12. The largest absolute Gasteiger partial charge is 0.472 e. The molecule has 0 aliphatic carbocycles. The highest BCUT2D eigenvalue weighted by Gasteiger charge is 2.27. The van der Waals surface area contributed by atoms with Crippen molar-refractivity contribution in [2.45, 2.75) is 97.0 Å². The number of nitrogens with zero attached hydrogens (tertiary/aromatic N) is 1. The van der Waals surface area contributed by atoms with Gasteiger partial charge in [0.2, 0.25) is 0 Å². The standard InChI is InChI=1S/C44H68NO8P/c1-6-8-10-12-14-16-18-20-21-22-23-25-26-28-30-32-34-36-43(46)50-40-42(41-52-54(48,49)51-39-38-45(3,4)5)53-44(47)37-35-33-31-29-27-24-19-17-15-13-11-9-7-2/h8-11,13-17,19-21,23-25,27-31,42H,6-7,12,18,22,26,32-41H2,1-5H3/p+1/b10-8+,11-9+,15-13+,16-14+,19-17+,21-20+,25-23+,27-24+,30-28+,31-29+. The number of esters is 2. The Bertz CT molecular complexity index is 1330. The number of likely N-dealkylation sites (N-methyl/N-ethyl adjacent to an activating group) is 1. The quantitative estimate of drug-likeness (QED) is 0.0180. The minimum absolute atomic E-state index is 0.00128. The molecule has 0 saturated carbocycles. The number of hydrogen-bond donors (Lipinski definition) is 1. The third-order valence-electron chi connectivity index (χ3n) is 7.12. The van der Waals surface area contributed by atoms with Gasteiger partial charge in [-0.3, -0.25) is 18.6 Å². The van der Waals surface area contributed by atoms with E-state index in [1.54, 1.807) is 0 Å². The maximum Gasteiger partial charge on any atom is 0.472 e. The first-order chi connectivity index (χ1) is 26.0. The molecule has 0 radical (unpaired) electrons. The molecule has 0 aliphatic heterocycles. The molecule has 0 fully saturated rings. The van der Waals surface area contributed by atoms with Gasteiger partial charge >= 0.3 is 19.8 Å². The number of allylic oxidation sites excluding steroid dienone is 20. The average molecular weight is 771 g/mol. The van der Waals surface area contributed by atoms with Crippen molar-refractivity contribution in [1.29, 1.82) is 0 Å². The number of hydrogen-bond acceptors (Lipinski definition) is 7. The van der Waals surface area contributed by atoms with E-state index in [2.05, 4.69) is 74.6 Å². The summed E-state index contributed by atoms with van der Waals surface area (Å²) in [5.41, 5.74) is 0. The lowest BCUT2D eigenvalue weighted by molar-refractivity contribution is -0.870.